The number of carboxylic acid groups (broad SMARTS) is 1. The average Bonchev–Trinajstić information content (AvgIpc) is 3.30. The summed E-state index contributed by atoms with van der Waals surface area (Å²) >= 11 is 0. The number of rotatable bonds is 11. The lowest BCUT2D eigenvalue weighted by Crippen LogP contribution is -2.34. The molecule has 2 aromatic rings. The van der Waals surface area contributed by atoms with Crippen molar-refractivity contribution in [3.8, 4) is 5.75 Å². The second-order valence-electron chi connectivity index (χ2n) is 9.24. The van der Waals surface area contributed by atoms with Gasteiger partial charge in [0.15, 0.2) is 6.61 Å². The Morgan fingerprint density at radius 2 is 2.06 bits per heavy atom. The minimum absolute atomic E-state index is 0.0711. The molecule has 0 amide bonds. The number of nitrogens with zero attached hydrogens (tertiary/aromatic N) is 2. The van der Waals surface area contributed by atoms with Crippen LogP contribution in [0.25, 0.3) is 0 Å². The summed E-state index contributed by atoms with van der Waals surface area (Å²) in [5, 5.41) is 13.3. The van der Waals surface area contributed by atoms with Gasteiger partial charge in [-0.05, 0) is 56.7 Å². The van der Waals surface area contributed by atoms with Gasteiger partial charge in [-0.15, -0.1) is 0 Å². The van der Waals surface area contributed by atoms with Crippen molar-refractivity contribution < 1.29 is 32.5 Å². The van der Waals surface area contributed by atoms with Crippen LogP contribution in [0, 0.1) is 0 Å². The number of aryl methyl sites for hydroxylation is 2. The molecule has 0 spiro atoms. The smallest absolute Gasteiger partial charge is 0.422 e. The van der Waals surface area contributed by atoms with E-state index < -0.39 is 24.8 Å². The minimum atomic E-state index is -4.51. The zero-order valence-electron chi connectivity index (χ0n) is 20.1. The maximum Gasteiger partial charge on any atom is 0.422 e. The highest BCUT2D eigenvalue weighted by molar-refractivity contribution is 5.76. The summed E-state index contributed by atoms with van der Waals surface area (Å²) in [5.74, 6) is -1.20. The van der Waals surface area contributed by atoms with Crippen molar-refractivity contribution in [2.45, 2.75) is 56.8 Å². The van der Waals surface area contributed by atoms with Gasteiger partial charge >= 0.3 is 12.1 Å². The zero-order chi connectivity index (χ0) is 25.5. The van der Waals surface area contributed by atoms with E-state index in [0.29, 0.717) is 26.1 Å². The topological polar surface area (TPSA) is 83.9 Å². The number of aliphatic carboxylic acids is 1. The van der Waals surface area contributed by atoms with E-state index in [9.17, 15) is 23.1 Å². The highest BCUT2D eigenvalue weighted by Crippen LogP contribution is 2.33. The van der Waals surface area contributed by atoms with E-state index >= 15 is 0 Å². The van der Waals surface area contributed by atoms with E-state index in [1.807, 2.05) is 0 Å². The molecule has 36 heavy (non-hydrogen) atoms. The van der Waals surface area contributed by atoms with Crippen LogP contribution >= 0.6 is 0 Å². The molecule has 196 valence electrons. The van der Waals surface area contributed by atoms with E-state index in [-0.39, 0.29) is 17.4 Å². The molecule has 1 unspecified atom stereocenters. The normalized spacial score (nSPS) is 18.9. The molecule has 1 aromatic carbocycles. The number of fused-ring (bicyclic) bond motifs is 1. The molecule has 0 radical (unpaired) electrons. The zero-order valence-corrected chi connectivity index (χ0v) is 20.1. The monoisotopic (exact) mass is 507 g/mol. The van der Waals surface area contributed by atoms with Gasteiger partial charge in [0.05, 0.1) is 17.5 Å². The molecule has 1 fully saturated rings. The Balaban J connectivity index is 1.25. The van der Waals surface area contributed by atoms with Crippen molar-refractivity contribution in [1.29, 1.82) is 0 Å². The molecular formula is C26H32F3N3O4. The highest BCUT2D eigenvalue weighted by atomic mass is 19.4. The van der Waals surface area contributed by atoms with Crippen LogP contribution in [0.15, 0.2) is 36.4 Å². The van der Waals surface area contributed by atoms with Crippen LogP contribution in [-0.2, 0) is 22.4 Å². The number of ether oxygens (including phenoxy) is 2. The number of benzene rings is 1. The van der Waals surface area contributed by atoms with Gasteiger partial charge in [0.1, 0.15) is 11.8 Å². The second kappa shape index (κ2) is 11.9. The molecule has 2 aliphatic rings. The number of nitrogens with one attached hydrogen (secondary N) is 1. The minimum Gasteiger partial charge on any atom is -0.484 e. The van der Waals surface area contributed by atoms with E-state index in [2.05, 4.69) is 17.4 Å². The summed E-state index contributed by atoms with van der Waals surface area (Å²) in [6, 6.07) is 9.07. The van der Waals surface area contributed by atoms with Crippen molar-refractivity contribution in [2.24, 2.45) is 0 Å². The Kier molecular flexibility index (Phi) is 8.68. The molecule has 4 rings (SSSR count). The van der Waals surface area contributed by atoms with Gasteiger partial charge in [0.25, 0.3) is 0 Å². The number of para-hydroxylation sites is 1. The number of halogens is 3. The van der Waals surface area contributed by atoms with Gasteiger partial charge in [-0.2, -0.15) is 13.2 Å². The van der Waals surface area contributed by atoms with Crippen LogP contribution in [0.5, 0.6) is 5.75 Å². The first-order valence-corrected chi connectivity index (χ1v) is 12.4. The van der Waals surface area contributed by atoms with E-state index in [1.165, 1.54) is 18.2 Å². The number of aromatic nitrogens is 1. The van der Waals surface area contributed by atoms with Crippen LogP contribution in [-0.4, -0.2) is 66.1 Å². The molecular weight excluding hydrogens is 475 g/mol. The Bertz CT molecular complexity index is 1030. The maximum absolute atomic E-state index is 12.6. The lowest BCUT2D eigenvalue weighted by molar-refractivity contribution is -0.153. The van der Waals surface area contributed by atoms with Crippen molar-refractivity contribution >= 4 is 11.7 Å². The second-order valence-corrected chi connectivity index (χ2v) is 9.24. The Labute approximate surface area is 208 Å². The van der Waals surface area contributed by atoms with Crippen LogP contribution in [0.3, 0.4) is 0 Å². The van der Waals surface area contributed by atoms with Crippen molar-refractivity contribution in [1.82, 2.24) is 9.88 Å². The molecule has 2 atom stereocenters. The standard InChI is InChI=1S/C26H32F3N3O4/c27-26(28,29)17-36-23-9-2-1-7-20(23)24(25(33)34)32-14-12-19(16-32)35-15-4-3-6-18-10-11-21-22(31-18)8-5-13-30-21/h1-2,7,9-11,19,24,30H,3-6,8,12-17H2,(H,33,34)/t19-,24?/m1/s1. The summed E-state index contributed by atoms with van der Waals surface area (Å²) < 4.78 is 48.9. The van der Waals surface area contributed by atoms with E-state index in [0.717, 1.165) is 55.7 Å². The first-order valence-electron chi connectivity index (χ1n) is 12.4. The number of anilines is 1. The molecule has 7 nitrogen and oxygen atoms in total. The summed E-state index contributed by atoms with van der Waals surface area (Å²) in [6.07, 6.45) is 0.825. The quantitative estimate of drug-likeness (QED) is 0.430. The number of carboxylic acids is 1. The number of pyridine rings is 1. The Morgan fingerprint density at radius 3 is 2.86 bits per heavy atom. The number of hydrogen-bond acceptors (Lipinski definition) is 6. The van der Waals surface area contributed by atoms with Crippen LogP contribution in [0.4, 0.5) is 18.9 Å². The molecule has 10 heteroatoms. The number of unbranched alkanes of at least 4 members (excludes halogenated alkanes) is 1. The predicted molar refractivity (Wildman–Crippen MR) is 128 cm³/mol. The largest absolute Gasteiger partial charge is 0.484 e. The molecule has 3 heterocycles. The van der Waals surface area contributed by atoms with Gasteiger partial charge in [0.2, 0.25) is 0 Å². The number of hydrogen-bond donors (Lipinski definition) is 2. The molecule has 2 N–H and O–H groups in total. The highest BCUT2D eigenvalue weighted by Gasteiger charge is 2.36. The van der Waals surface area contributed by atoms with Crippen molar-refractivity contribution in [2.75, 3.05) is 38.2 Å². The van der Waals surface area contributed by atoms with Gasteiger partial charge in [-0.25, -0.2) is 0 Å². The lowest BCUT2D eigenvalue weighted by atomic mass is 10.0. The molecule has 0 bridgehead atoms. The number of likely N-dealkylation sites (tertiary alicyclic amines) is 1. The number of carbonyl (C=O) groups is 1. The molecule has 0 aliphatic carbocycles. The third kappa shape index (κ3) is 7.10. The van der Waals surface area contributed by atoms with Gasteiger partial charge in [-0.3, -0.25) is 14.7 Å². The fourth-order valence-corrected chi connectivity index (χ4v) is 4.78. The lowest BCUT2D eigenvalue weighted by Gasteiger charge is -2.26. The predicted octanol–water partition coefficient (Wildman–Crippen LogP) is 4.62. The van der Waals surface area contributed by atoms with Crippen molar-refractivity contribution in [3.63, 3.8) is 0 Å². The SMILES string of the molecule is O=C(O)C(c1ccccc1OCC(F)(F)F)N1CC[C@@H](OCCCCc2ccc3c(n2)CCCN3)C1. The van der Waals surface area contributed by atoms with E-state index in [4.69, 9.17) is 14.5 Å². The molecule has 2 aliphatic heterocycles. The van der Waals surface area contributed by atoms with Gasteiger partial charge in [0, 0.05) is 37.5 Å². The maximum atomic E-state index is 12.6. The summed E-state index contributed by atoms with van der Waals surface area (Å²) in [7, 11) is 0. The summed E-state index contributed by atoms with van der Waals surface area (Å²) in [5.41, 5.74) is 3.57. The van der Waals surface area contributed by atoms with Crippen molar-refractivity contribution in [3.05, 3.63) is 53.3 Å². The molecule has 1 aromatic heterocycles. The molecule has 1 saturated heterocycles. The summed E-state index contributed by atoms with van der Waals surface area (Å²) in [4.78, 5) is 18.6. The summed E-state index contributed by atoms with van der Waals surface area (Å²) in [6.45, 7) is 0.954. The average molecular weight is 508 g/mol. The fourth-order valence-electron chi connectivity index (χ4n) is 4.78. The van der Waals surface area contributed by atoms with Gasteiger partial charge < -0.3 is 19.9 Å². The third-order valence-corrected chi connectivity index (χ3v) is 6.50. The number of alkyl halides is 3. The van der Waals surface area contributed by atoms with E-state index in [1.54, 1.807) is 11.0 Å². The van der Waals surface area contributed by atoms with Crippen LogP contribution in [0.2, 0.25) is 0 Å². The molecule has 0 saturated carbocycles. The Hall–Kier alpha value is -2.85. The first kappa shape index (κ1) is 26.2. The van der Waals surface area contributed by atoms with Crippen LogP contribution in [0.1, 0.15) is 48.7 Å². The fraction of sp³-hybridized carbons (Fsp3) is 0.538. The van der Waals surface area contributed by atoms with Gasteiger partial charge in [-0.1, -0.05) is 18.2 Å². The first-order chi connectivity index (χ1) is 17.3. The third-order valence-electron chi connectivity index (χ3n) is 6.50. The Morgan fingerprint density at radius 1 is 1.22 bits per heavy atom. The van der Waals surface area contributed by atoms with Crippen LogP contribution < -0.4 is 10.1 Å².